The molecule has 1 aliphatic rings. The zero-order chi connectivity index (χ0) is 19.8. The van der Waals surface area contributed by atoms with Crippen LogP contribution in [0.15, 0.2) is 61.2 Å². The molecule has 140 valence electrons. The molecular formula is C23H25NO3. The Bertz CT molecular complexity index is 893. The Morgan fingerprint density at radius 3 is 2.37 bits per heavy atom. The predicted octanol–water partition coefficient (Wildman–Crippen LogP) is 3.98. The van der Waals surface area contributed by atoms with E-state index in [1.54, 1.807) is 42.5 Å². The van der Waals surface area contributed by atoms with E-state index >= 15 is 0 Å². The van der Waals surface area contributed by atoms with Gasteiger partial charge in [0.05, 0.1) is 12.1 Å². The van der Waals surface area contributed by atoms with E-state index in [0.717, 1.165) is 5.56 Å². The maximum Gasteiger partial charge on any atom is 0.264 e. The Labute approximate surface area is 160 Å². The molecule has 0 fully saturated rings. The van der Waals surface area contributed by atoms with Gasteiger partial charge in [0.2, 0.25) is 0 Å². The Morgan fingerprint density at radius 2 is 1.78 bits per heavy atom. The summed E-state index contributed by atoms with van der Waals surface area (Å²) in [4.78, 5) is 27.2. The molecule has 4 nitrogen and oxygen atoms in total. The quantitative estimate of drug-likeness (QED) is 0.646. The van der Waals surface area contributed by atoms with Crippen LogP contribution in [0.4, 0.5) is 5.69 Å². The van der Waals surface area contributed by atoms with Crippen molar-refractivity contribution in [3.63, 3.8) is 0 Å². The van der Waals surface area contributed by atoms with Gasteiger partial charge in [0.15, 0.2) is 11.4 Å². The van der Waals surface area contributed by atoms with E-state index < -0.39 is 11.5 Å². The maximum absolute atomic E-state index is 12.9. The molecule has 0 saturated carbocycles. The molecule has 1 amide bonds. The van der Waals surface area contributed by atoms with E-state index in [2.05, 4.69) is 27.4 Å². The molecule has 0 aliphatic carbocycles. The summed E-state index contributed by atoms with van der Waals surface area (Å²) < 4.78 is 0. The minimum atomic E-state index is -1.85. The van der Waals surface area contributed by atoms with Crippen molar-refractivity contribution >= 4 is 17.4 Å². The number of hydrogen-bond acceptors (Lipinski definition) is 3. The first kappa shape index (κ1) is 19.1. The molecule has 1 aliphatic heterocycles. The van der Waals surface area contributed by atoms with Crippen LogP contribution >= 0.6 is 0 Å². The van der Waals surface area contributed by atoms with Crippen molar-refractivity contribution in [3.8, 4) is 0 Å². The monoisotopic (exact) mass is 363 g/mol. The third-order valence-electron chi connectivity index (χ3n) is 5.04. The van der Waals surface area contributed by atoms with E-state index in [1.165, 1.54) is 4.90 Å². The SMILES string of the molecule is C=CCN1C(=O)[C@@](O)(CC(=O)c2ccc(C(C)(C)C)cc2)c2ccccc21. The van der Waals surface area contributed by atoms with Gasteiger partial charge in [0, 0.05) is 17.7 Å². The molecule has 0 saturated heterocycles. The minimum absolute atomic E-state index is 0.00860. The largest absolute Gasteiger partial charge is 0.375 e. The second kappa shape index (κ2) is 6.78. The minimum Gasteiger partial charge on any atom is -0.375 e. The van der Waals surface area contributed by atoms with Crippen LogP contribution < -0.4 is 4.90 Å². The van der Waals surface area contributed by atoms with Crippen LogP contribution in [0.3, 0.4) is 0 Å². The third-order valence-corrected chi connectivity index (χ3v) is 5.04. The molecule has 3 rings (SSSR count). The van der Waals surface area contributed by atoms with Crippen molar-refractivity contribution in [1.82, 2.24) is 0 Å². The van der Waals surface area contributed by atoms with Crippen molar-refractivity contribution in [2.75, 3.05) is 11.4 Å². The highest BCUT2D eigenvalue weighted by atomic mass is 16.3. The number of fused-ring (bicyclic) bond motifs is 1. The van der Waals surface area contributed by atoms with Gasteiger partial charge in [-0.05, 0) is 17.0 Å². The number of anilines is 1. The van der Waals surface area contributed by atoms with E-state index in [0.29, 0.717) is 16.8 Å². The van der Waals surface area contributed by atoms with Crippen LogP contribution in [0.2, 0.25) is 0 Å². The molecule has 0 radical (unpaired) electrons. The van der Waals surface area contributed by atoms with Gasteiger partial charge in [-0.1, -0.05) is 69.3 Å². The number of rotatable bonds is 5. The third kappa shape index (κ3) is 3.33. The predicted molar refractivity (Wildman–Crippen MR) is 107 cm³/mol. The normalized spacial score (nSPS) is 19.1. The number of carbonyl (C=O) groups excluding carboxylic acids is 2. The van der Waals surface area contributed by atoms with Crippen LogP contribution in [-0.2, 0) is 15.8 Å². The second-order valence-corrected chi connectivity index (χ2v) is 8.01. The first-order chi connectivity index (χ1) is 12.7. The van der Waals surface area contributed by atoms with E-state index in [-0.39, 0.29) is 24.2 Å². The van der Waals surface area contributed by atoms with Gasteiger partial charge in [-0.15, -0.1) is 6.58 Å². The topological polar surface area (TPSA) is 57.6 Å². The van der Waals surface area contributed by atoms with Gasteiger partial charge in [-0.3, -0.25) is 9.59 Å². The fraction of sp³-hybridized carbons (Fsp3) is 0.304. The lowest BCUT2D eigenvalue weighted by Gasteiger charge is -2.22. The molecule has 0 unspecified atom stereocenters. The van der Waals surface area contributed by atoms with Gasteiger partial charge in [0.25, 0.3) is 5.91 Å². The molecule has 1 atom stereocenters. The first-order valence-corrected chi connectivity index (χ1v) is 9.07. The second-order valence-electron chi connectivity index (χ2n) is 8.01. The summed E-state index contributed by atoms with van der Waals surface area (Å²) in [6.07, 6.45) is 1.32. The average molecular weight is 363 g/mol. The van der Waals surface area contributed by atoms with Crippen molar-refractivity contribution in [3.05, 3.63) is 77.9 Å². The molecule has 0 aromatic heterocycles. The molecule has 2 aromatic rings. The zero-order valence-electron chi connectivity index (χ0n) is 16.0. The smallest absolute Gasteiger partial charge is 0.264 e. The van der Waals surface area contributed by atoms with E-state index in [4.69, 9.17) is 0 Å². The lowest BCUT2D eigenvalue weighted by atomic mass is 9.85. The van der Waals surface area contributed by atoms with Gasteiger partial charge < -0.3 is 10.0 Å². The summed E-state index contributed by atoms with van der Waals surface area (Å²) in [5.41, 5.74) is 0.850. The molecule has 27 heavy (non-hydrogen) atoms. The number of carbonyl (C=O) groups is 2. The number of amides is 1. The molecule has 4 heteroatoms. The number of hydrogen-bond donors (Lipinski definition) is 1. The molecular weight excluding hydrogens is 338 g/mol. The lowest BCUT2D eigenvalue weighted by Crippen LogP contribution is -2.41. The van der Waals surface area contributed by atoms with Crippen molar-refractivity contribution in [2.45, 2.75) is 38.2 Å². The number of para-hydroxylation sites is 1. The van der Waals surface area contributed by atoms with Gasteiger partial charge in [-0.25, -0.2) is 0 Å². The van der Waals surface area contributed by atoms with Crippen molar-refractivity contribution in [1.29, 1.82) is 0 Å². The standard InChI is InChI=1S/C23H25NO3/c1-5-14-24-19-9-7-6-8-18(19)23(27,21(24)26)15-20(25)16-10-12-17(13-11-16)22(2,3)4/h5-13,27H,1,14-15H2,2-4H3/t23-/m1/s1. The van der Waals surface area contributed by atoms with E-state index in [9.17, 15) is 14.7 Å². The highest BCUT2D eigenvalue weighted by molar-refractivity contribution is 6.10. The van der Waals surface area contributed by atoms with Crippen molar-refractivity contribution in [2.24, 2.45) is 0 Å². The molecule has 1 heterocycles. The van der Waals surface area contributed by atoms with Crippen LogP contribution in [0.25, 0.3) is 0 Å². The molecule has 2 aromatic carbocycles. The number of benzene rings is 2. The summed E-state index contributed by atoms with van der Waals surface area (Å²) in [6, 6.07) is 14.4. The fourth-order valence-corrected chi connectivity index (χ4v) is 3.48. The summed E-state index contributed by atoms with van der Waals surface area (Å²) in [7, 11) is 0. The lowest BCUT2D eigenvalue weighted by molar-refractivity contribution is -0.135. The van der Waals surface area contributed by atoms with Gasteiger partial charge in [-0.2, -0.15) is 0 Å². The summed E-state index contributed by atoms with van der Waals surface area (Å²) in [6.45, 7) is 10.3. The summed E-state index contributed by atoms with van der Waals surface area (Å²) in [5, 5.41) is 11.2. The van der Waals surface area contributed by atoms with Crippen LogP contribution in [0.1, 0.15) is 48.7 Å². The highest BCUT2D eigenvalue weighted by Gasteiger charge is 2.50. The number of nitrogens with zero attached hydrogens (tertiary/aromatic N) is 1. The highest BCUT2D eigenvalue weighted by Crippen LogP contribution is 2.42. The molecule has 0 bridgehead atoms. The Kier molecular flexibility index (Phi) is 4.79. The Balaban J connectivity index is 1.91. The molecule has 0 spiro atoms. The first-order valence-electron chi connectivity index (χ1n) is 9.07. The number of Topliss-reactive ketones (excluding diaryl/α,β-unsaturated/α-hetero) is 1. The van der Waals surface area contributed by atoms with Crippen LogP contribution in [-0.4, -0.2) is 23.3 Å². The Morgan fingerprint density at radius 1 is 1.15 bits per heavy atom. The summed E-state index contributed by atoms with van der Waals surface area (Å²) in [5.74, 6) is -0.746. The van der Waals surface area contributed by atoms with Crippen molar-refractivity contribution < 1.29 is 14.7 Å². The Hall–Kier alpha value is -2.72. The van der Waals surface area contributed by atoms with Gasteiger partial charge in [0.1, 0.15) is 0 Å². The average Bonchev–Trinajstić information content (AvgIpc) is 2.84. The van der Waals surface area contributed by atoms with Crippen LogP contribution in [0, 0.1) is 0 Å². The number of ketones is 1. The molecule has 1 N–H and O–H groups in total. The fourth-order valence-electron chi connectivity index (χ4n) is 3.48. The maximum atomic E-state index is 12.9. The number of aliphatic hydroxyl groups is 1. The van der Waals surface area contributed by atoms with E-state index in [1.807, 2.05) is 12.1 Å². The zero-order valence-corrected chi connectivity index (χ0v) is 16.0. The van der Waals surface area contributed by atoms with Crippen LogP contribution in [0.5, 0.6) is 0 Å². The summed E-state index contributed by atoms with van der Waals surface area (Å²) >= 11 is 0. The van der Waals surface area contributed by atoms with Gasteiger partial charge >= 0.3 is 0 Å².